The van der Waals surface area contributed by atoms with Crippen LogP contribution in [0.3, 0.4) is 0 Å². The van der Waals surface area contributed by atoms with E-state index in [0.29, 0.717) is 24.6 Å². The van der Waals surface area contributed by atoms with Gasteiger partial charge in [-0.15, -0.1) is 0 Å². The lowest BCUT2D eigenvalue weighted by Gasteiger charge is -2.42. The van der Waals surface area contributed by atoms with Crippen LogP contribution in [0.25, 0.3) is 0 Å². The number of piperidine rings is 1. The summed E-state index contributed by atoms with van der Waals surface area (Å²) in [5.74, 6) is 1.09. The highest BCUT2D eigenvalue weighted by Gasteiger charge is 2.39. The Balaban J connectivity index is 1.31. The fourth-order valence-corrected chi connectivity index (χ4v) is 6.24. The number of amides is 1. The lowest BCUT2D eigenvalue weighted by Crippen LogP contribution is -2.50. The SMILES string of the molecule is COC1CCC(Nc2ncc3c(n2)CN(C(=O)[C@@H]2CCN(C)C[C@H]2c2ccnc(C)c2)[C@H](C)C3)CC1. The van der Waals surface area contributed by atoms with Gasteiger partial charge in [-0.25, -0.2) is 9.97 Å². The van der Waals surface area contributed by atoms with Crippen molar-refractivity contribution in [3.05, 3.63) is 47.0 Å². The van der Waals surface area contributed by atoms with Crippen molar-refractivity contribution < 1.29 is 9.53 Å². The van der Waals surface area contributed by atoms with Crippen molar-refractivity contribution in [1.82, 2.24) is 24.8 Å². The first-order chi connectivity index (χ1) is 17.4. The second kappa shape index (κ2) is 10.8. The molecule has 2 aromatic rings. The number of ether oxygens (including phenoxy) is 1. The largest absolute Gasteiger partial charge is 0.381 e. The Bertz CT molecular complexity index is 1070. The zero-order valence-electron chi connectivity index (χ0n) is 22.1. The minimum absolute atomic E-state index is 0.0256. The lowest BCUT2D eigenvalue weighted by molar-refractivity contribution is -0.141. The monoisotopic (exact) mass is 492 g/mol. The summed E-state index contributed by atoms with van der Waals surface area (Å²) >= 11 is 0. The van der Waals surface area contributed by atoms with Gasteiger partial charge in [0.1, 0.15) is 0 Å². The van der Waals surface area contributed by atoms with Gasteiger partial charge in [0, 0.05) is 55.7 Å². The van der Waals surface area contributed by atoms with Crippen molar-refractivity contribution in [2.75, 3.05) is 32.6 Å². The van der Waals surface area contributed by atoms with Crippen molar-refractivity contribution in [3.8, 4) is 0 Å². The van der Waals surface area contributed by atoms with Gasteiger partial charge in [-0.1, -0.05) is 0 Å². The highest BCUT2D eigenvalue weighted by Crippen LogP contribution is 2.35. The molecule has 2 aromatic heterocycles. The molecule has 5 rings (SSSR count). The van der Waals surface area contributed by atoms with Crippen LogP contribution in [0, 0.1) is 12.8 Å². The molecule has 3 atom stereocenters. The molecule has 2 fully saturated rings. The van der Waals surface area contributed by atoms with E-state index < -0.39 is 0 Å². The minimum Gasteiger partial charge on any atom is -0.381 e. The normalized spacial score (nSPS) is 29.0. The number of aromatic nitrogens is 3. The smallest absolute Gasteiger partial charge is 0.227 e. The Morgan fingerprint density at radius 2 is 1.97 bits per heavy atom. The third-order valence-corrected chi connectivity index (χ3v) is 8.43. The molecule has 8 nitrogen and oxygen atoms in total. The average molecular weight is 493 g/mol. The Kier molecular flexibility index (Phi) is 7.53. The first kappa shape index (κ1) is 25.1. The van der Waals surface area contributed by atoms with Gasteiger partial charge in [-0.05, 0) is 89.2 Å². The zero-order chi connectivity index (χ0) is 25.2. The predicted octanol–water partition coefficient (Wildman–Crippen LogP) is 3.56. The number of hydrogen-bond acceptors (Lipinski definition) is 7. The van der Waals surface area contributed by atoms with Crippen LogP contribution in [-0.4, -0.2) is 76.1 Å². The molecule has 0 spiro atoms. The first-order valence-corrected chi connectivity index (χ1v) is 13.5. The maximum atomic E-state index is 14.0. The second-order valence-corrected chi connectivity index (χ2v) is 11.0. The topological polar surface area (TPSA) is 83.5 Å². The highest BCUT2D eigenvalue weighted by atomic mass is 16.5. The first-order valence-electron chi connectivity index (χ1n) is 13.5. The third-order valence-electron chi connectivity index (χ3n) is 8.43. The molecular formula is C28H40N6O2. The molecule has 3 aliphatic rings. The quantitative estimate of drug-likeness (QED) is 0.683. The molecule has 8 heteroatoms. The van der Waals surface area contributed by atoms with E-state index in [9.17, 15) is 4.79 Å². The number of aryl methyl sites for hydroxylation is 1. The summed E-state index contributed by atoms with van der Waals surface area (Å²) in [6.45, 7) is 6.56. The summed E-state index contributed by atoms with van der Waals surface area (Å²) in [4.78, 5) is 32.3. The number of likely N-dealkylation sites (tertiary alicyclic amines) is 1. The van der Waals surface area contributed by atoms with E-state index in [0.717, 1.165) is 68.6 Å². The van der Waals surface area contributed by atoms with Gasteiger partial charge < -0.3 is 19.9 Å². The Morgan fingerprint density at radius 1 is 1.17 bits per heavy atom. The average Bonchev–Trinajstić information content (AvgIpc) is 2.88. The summed E-state index contributed by atoms with van der Waals surface area (Å²) in [6, 6.07) is 4.73. The van der Waals surface area contributed by atoms with Crippen LogP contribution >= 0.6 is 0 Å². The molecule has 0 bridgehead atoms. The highest BCUT2D eigenvalue weighted by molar-refractivity contribution is 5.80. The fourth-order valence-electron chi connectivity index (χ4n) is 6.24. The Labute approximate surface area is 214 Å². The van der Waals surface area contributed by atoms with Crippen molar-refractivity contribution in [2.45, 2.75) is 83.0 Å². The van der Waals surface area contributed by atoms with Crippen LogP contribution in [0.1, 0.15) is 67.5 Å². The number of likely N-dealkylation sites (N-methyl/N-ethyl adjacent to an activating group) is 1. The van der Waals surface area contributed by atoms with Crippen LogP contribution in [0.2, 0.25) is 0 Å². The van der Waals surface area contributed by atoms with E-state index in [2.05, 4.69) is 51.2 Å². The number of carbonyl (C=O) groups is 1. The summed E-state index contributed by atoms with van der Waals surface area (Å²) in [5.41, 5.74) is 4.35. The molecule has 1 saturated heterocycles. The van der Waals surface area contributed by atoms with Gasteiger partial charge in [0.05, 0.1) is 18.3 Å². The van der Waals surface area contributed by atoms with Crippen LogP contribution in [0.15, 0.2) is 24.5 Å². The summed E-state index contributed by atoms with van der Waals surface area (Å²) in [7, 11) is 3.94. The number of nitrogens with one attached hydrogen (secondary N) is 1. The van der Waals surface area contributed by atoms with E-state index in [1.165, 1.54) is 5.56 Å². The number of nitrogens with zero attached hydrogens (tertiary/aromatic N) is 5. The van der Waals surface area contributed by atoms with Crippen molar-refractivity contribution in [2.24, 2.45) is 5.92 Å². The van der Waals surface area contributed by atoms with Gasteiger partial charge in [-0.2, -0.15) is 0 Å². The molecule has 1 N–H and O–H groups in total. The third kappa shape index (κ3) is 5.39. The van der Waals surface area contributed by atoms with Gasteiger partial charge >= 0.3 is 0 Å². The molecule has 0 radical (unpaired) electrons. The van der Waals surface area contributed by atoms with Crippen LogP contribution in [0.4, 0.5) is 5.95 Å². The number of anilines is 1. The predicted molar refractivity (Wildman–Crippen MR) is 140 cm³/mol. The summed E-state index contributed by atoms with van der Waals surface area (Å²) < 4.78 is 5.50. The van der Waals surface area contributed by atoms with E-state index >= 15 is 0 Å². The Hall–Kier alpha value is -2.58. The molecule has 2 aliphatic heterocycles. The van der Waals surface area contributed by atoms with Gasteiger partial charge in [0.2, 0.25) is 11.9 Å². The number of rotatable bonds is 5. The van der Waals surface area contributed by atoms with Crippen molar-refractivity contribution in [1.29, 1.82) is 0 Å². The van der Waals surface area contributed by atoms with Gasteiger partial charge in [0.25, 0.3) is 0 Å². The lowest BCUT2D eigenvalue weighted by atomic mass is 9.79. The standard InChI is InChI=1S/C28H40N6O2/c1-18-13-20(9-11-29-18)25-16-33(3)12-10-24(25)27(35)34-17-26-21(14-19(34)2)15-30-28(32-26)31-22-5-7-23(36-4)8-6-22/h9,11,13,15,19,22-25H,5-8,10,12,14,16-17H2,1-4H3,(H,30,31,32)/t19-,22?,23?,24-,25+/m1/s1. The van der Waals surface area contributed by atoms with E-state index in [1.807, 2.05) is 19.3 Å². The van der Waals surface area contributed by atoms with Crippen molar-refractivity contribution in [3.63, 3.8) is 0 Å². The zero-order valence-corrected chi connectivity index (χ0v) is 22.1. The molecule has 1 aliphatic carbocycles. The molecule has 4 heterocycles. The number of methoxy groups -OCH3 is 1. The number of hydrogen-bond donors (Lipinski definition) is 1. The minimum atomic E-state index is -0.0256. The molecular weight excluding hydrogens is 452 g/mol. The van der Waals surface area contributed by atoms with Crippen LogP contribution in [0.5, 0.6) is 0 Å². The molecule has 1 amide bonds. The molecule has 0 unspecified atom stereocenters. The molecule has 1 saturated carbocycles. The van der Waals surface area contributed by atoms with Crippen molar-refractivity contribution >= 4 is 11.9 Å². The van der Waals surface area contributed by atoms with Gasteiger partial charge in [0.15, 0.2) is 0 Å². The summed E-state index contributed by atoms with van der Waals surface area (Å²) in [6.07, 6.45) is 10.1. The maximum Gasteiger partial charge on any atom is 0.227 e. The second-order valence-electron chi connectivity index (χ2n) is 11.0. The van der Waals surface area contributed by atoms with Gasteiger partial charge in [-0.3, -0.25) is 9.78 Å². The van der Waals surface area contributed by atoms with Crippen LogP contribution in [-0.2, 0) is 22.5 Å². The van der Waals surface area contributed by atoms with E-state index in [4.69, 9.17) is 9.72 Å². The number of carbonyl (C=O) groups excluding carboxylic acids is 1. The molecule has 194 valence electrons. The maximum absolute atomic E-state index is 14.0. The van der Waals surface area contributed by atoms with E-state index in [-0.39, 0.29) is 23.8 Å². The van der Waals surface area contributed by atoms with E-state index in [1.54, 1.807) is 7.11 Å². The fraction of sp³-hybridized carbons (Fsp3) is 0.643. The van der Waals surface area contributed by atoms with Crippen LogP contribution < -0.4 is 5.32 Å². The number of fused-ring (bicyclic) bond motifs is 1. The number of pyridine rings is 1. The molecule has 0 aromatic carbocycles. The Morgan fingerprint density at radius 3 is 2.72 bits per heavy atom. The summed E-state index contributed by atoms with van der Waals surface area (Å²) in [5, 5.41) is 3.54. The molecule has 36 heavy (non-hydrogen) atoms.